The standard InChI is InChI=1S/C19H20N6O3S/c26-17(20-13-15-7-4-12-28-15)16-18(29-23-22-16)21-19(27)25-10-8-24(9-11-25)14-5-2-1-3-6-14/h1-7,12H,8-11,13H2,(H,20,26)(H,21,27). The van der Waals surface area contributed by atoms with Crippen LogP contribution >= 0.6 is 11.5 Å². The van der Waals surface area contributed by atoms with E-state index in [0.29, 0.717) is 23.9 Å². The van der Waals surface area contributed by atoms with Crippen molar-refractivity contribution in [2.45, 2.75) is 6.54 Å². The fourth-order valence-electron chi connectivity index (χ4n) is 3.07. The first-order chi connectivity index (χ1) is 14.2. The quantitative estimate of drug-likeness (QED) is 0.667. The third-order valence-corrected chi connectivity index (χ3v) is 5.26. The summed E-state index contributed by atoms with van der Waals surface area (Å²) in [6, 6.07) is 13.4. The monoisotopic (exact) mass is 412 g/mol. The molecule has 10 heteroatoms. The molecule has 0 spiro atoms. The third kappa shape index (κ3) is 4.54. The Morgan fingerprint density at radius 3 is 2.59 bits per heavy atom. The van der Waals surface area contributed by atoms with Crippen molar-refractivity contribution in [3.63, 3.8) is 0 Å². The maximum absolute atomic E-state index is 12.6. The van der Waals surface area contributed by atoms with E-state index in [9.17, 15) is 9.59 Å². The lowest BCUT2D eigenvalue weighted by Gasteiger charge is -2.35. The van der Waals surface area contributed by atoms with Gasteiger partial charge in [0.15, 0.2) is 10.7 Å². The summed E-state index contributed by atoms with van der Waals surface area (Å²) in [6.45, 7) is 2.90. The lowest BCUT2D eigenvalue weighted by atomic mass is 10.2. The van der Waals surface area contributed by atoms with Crippen LogP contribution < -0.4 is 15.5 Å². The van der Waals surface area contributed by atoms with E-state index in [-0.39, 0.29) is 18.3 Å². The first kappa shape index (κ1) is 18.9. The molecule has 0 saturated carbocycles. The highest BCUT2D eigenvalue weighted by Gasteiger charge is 2.24. The maximum Gasteiger partial charge on any atom is 0.322 e. The second-order valence-electron chi connectivity index (χ2n) is 6.45. The summed E-state index contributed by atoms with van der Waals surface area (Å²) in [5, 5.41) is 9.65. The Morgan fingerprint density at radius 1 is 1.07 bits per heavy atom. The zero-order valence-electron chi connectivity index (χ0n) is 15.6. The van der Waals surface area contributed by atoms with Gasteiger partial charge in [-0.05, 0) is 24.3 Å². The minimum Gasteiger partial charge on any atom is -0.467 e. The SMILES string of the molecule is O=C(NCc1ccco1)c1nnsc1NC(=O)N1CCN(c2ccccc2)CC1. The van der Waals surface area contributed by atoms with E-state index in [0.717, 1.165) is 30.3 Å². The molecule has 0 atom stereocenters. The van der Waals surface area contributed by atoms with E-state index < -0.39 is 5.91 Å². The molecule has 0 unspecified atom stereocenters. The van der Waals surface area contributed by atoms with Gasteiger partial charge in [-0.25, -0.2) is 4.79 Å². The number of aromatic nitrogens is 2. The van der Waals surface area contributed by atoms with Crippen LogP contribution in [-0.4, -0.2) is 52.6 Å². The molecule has 1 aliphatic rings. The molecule has 1 fully saturated rings. The average Bonchev–Trinajstić information content (AvgIpc) is 3.45. The Balaban J connectivity index is 1.31. The molecule has 1 aliphatic heterocycles. The predicted molar refractivity (Wildman–Crippen MR) is 109 cm³/mol. The van der Waals surface area contributed by atoms with Crippen molar-refractivity contribution in [2.24, 2.45) is 0 Å². The molecule has 2 aromatic heterocycles. The number of nitrogens with one attached hydrogen (secondary N) is 2. The molecule has 29 heavy (non-hydrogen) atoms. The number of piperazine rings is 1. The Bertz CT molecular complexity index is 952. The van der Waals surface area contributed by atoms with E-state index in [4.69, 9.17) is 4.42 Å². The number of amides is 3. The Morgan fingerprint density at radius 2 is 1.86 bits per heavy atom. The van der Waals surface area contributed by atoms with Crippen LogP contribution in [0, 0.1) is 0 Å². The molecule has 150 valence electrons. The molecular weight excluding hydrogens is 392 g/mol. The Kier molecular flexibility index (Phi) is 5.71. The molecule has 0 radical (unpaired) electrons. The number of hydrogen-bond acceptors (Lipinski definition) is 7. The number of benzene rings is 1. The van der Waals surface area contributed by atoms with Crippen LogP contribution in [0.1, 0.15) is 16.2 Å². The van der Waals surface area contributed by atoms with Gasteiger partial charge in [-0.3, -0.25) is 10.1 Å². The normalized spacial score (nSPS) is 13.9. The highest BCUT2D eigenvalue weighted by molar-refractivity contribution is 7.10. The van der Waals surface area contributed by atoms with Crippen LogP contribution in [0.25, 0.3) is 0 Å². The largest absolute Gasteiger partial charge is 0.467 e. The second-order valence-corrected chi connectivity index (χ2v) is 7.21. The topological polar surface area (TPSA) is 104 Å². The summed E-state index contributed by atoms with van der Waals surface area (Å²) in [4.78, 5) is 29.0. The van der Waals surface area contributed by atoms with E-state index in [1.807, 2.05) is 18.2 Å². The van der Waals surface area contributed by atoms with Crippen LogP contribution in [-0.2, 0) is 6.54 Å². The molecule has 3 aromatic rings. The highest BCUT2D eigenvalue weighted by Crippen LogP contribution is 2.20. The van der Waals surface area contributed by atoms with Crippen LogP contribution in [0.2, 0.25) is 0 Å². The summed E-state index contributed by atoms with van der Waals surface area (Å²) in [6.07, 6.45) is 1.54. The van der Waals surface area contributed by atoms with Crippen molar-refractivity contribution in [3.8, 4) is 0 Å². The predicted octanol–water partition coefficient (Wildman–Crippen LogP) is 2.42. The van der Waals surface area contributed by atoms with Gasteiger partial charge >= 0.3 is 6.03 Å². The fraction of sp³-hybridized carbons (Fsp3) is 0.263. The van der Waals surface area contributed by atoms with Gasteiger partial charge in [0, 0.05) is 43.4 Å². The summed E-state index contributed by atoms with van der Waals surface area (Å²) in [5.74, 6) is 0.211. The summed E-state index contributed by atoms with van der Waals surface area (Å²) < 4.78 is 8.99. The Hall–Kier alpha value is -3.40. The minimum atomic E-state index is -0.417. The molecule has 4 rings (SSSR count). The van der Waals surface area contributed by atoms with Gasteiger partial charge in [0.2, 0.25) is 0 Å². The van der Waals surface area contributed by atoms with Gasteiger partial charge in [0.25, 0.3) is 5.91 Å². The molecule has 0 bridgehead atoms. The number of carbonyl (C=O) groups is 2. The van der Waals surface area contributed by atoms with Crippen molar-refractivity contribution in [3.05, 3.63) is 60.2 Å². The molecule has 1 saturated heterocycles. The van der Waals surface area contributed by atoms with Crippen LogP contribution in [0.3, 0.4) is 0 Å². The molecule has 3 amide bonds. The molecule has 1 aromatic carbocycles. The summed E-state index contributed by atoms with van der Waals surface area (Å²) in [7, 11) is 0. The number of rotatable bonds is 5. The smallest absolute Gasteiger partial charge is 0.322 e. The van der Waals surface area contributed by atoms with Crippen LogP contribution in [0.5, 0.6) is 0 Å². The number of anilines is 2. The van der Waals surface area contributed by atoms with E-state index in [1.54, 1.807) is 17.0 Å². The van der Waals surface area contributed by atoms with Crippen molar-refractivity contribution in [1.29, 1.82) is 0 Å². The van der Waals surface area contributed by atoms with Gasteiger partial charge in [-0.1, -0.05) is 22.7 Å². The van der Waals surface area contributed by atoms with Crippen LogP contribution in [0.4, 0.5) is 15.5 Å². The van der Waals surface area contributed by atoms with Crippen molar-refractivity contribution >= 4 is 34.2 Å². The number of para-hydroxylation sites is 1. The molecule has 3 heterocycles. The Labute approximate surface area is 171 Å². The van der Waals surface area contributed by atoms with Crippen LogP contribution in [0.15, 0.2) is 53.1 Å². The van der Waals surface area contributed by atoms with Gasteiger partial charge in [-0.2, -0.15) is 0 Å². The van der Waals surface area contributed by atoms with Gasteiger partial charge in [-0.15, -0.1) is 5.10 Å². The van der Waals surface area contributed by atoms with Crippen molar-refractivity contribution in [2.75, 3.05) is 36.4 Å². The third-order valence-electron chi connectivity index (χ3n) is 4.62. The van der Waals surface area contributed by atoms with E-state index in [2.05, 4.69) is 37.3 Å². The summed E-state index contributed by atoms with van der Waals surface area (Å²) in [5.41, 5.74) is 1.24. The maximum atomic E-state index is 12.6. The number of furan rings is 1. The lowest BCUT2D eigenvalue weighted by Crippen LogP contribution is -2.50. The molecule has 9 nitrogen and oxygen atoms in total. The summed E-state index contributed by atoms with van der Waals surface area (Å²) >= 11 is 0.977. The van der Waals surface area contributed by atoms with Crippen molar-refractivity contribution in [1.82, 2.24) is 19.8 Å². The van der Waals surface area contributed by atoms with E-state index >= 15 is 0 Å². The lowest BCUT2D eigenvalue weighted by molar-refractivity contribution is 0.0944. The average molecular weight is 412 g/mol. The molecular formula is C19H20N6O3S. The highest BCUT2D eigenvalue weighted by atomic mass is 32.1. The fourth-order valence-corrected chi connectivity index (χ4v) is 3.63. The van der Waals surface area contributed by atoms with Crippen molar-refractivity contribution < 1.29 is 14.0 Å². The number of nitrogens with zero attached hydrogens (tertiary/aromatic N) is 4. The number of hydrogen-bond donors (Lipinski definition) is 2. The zero-order chi connectivity index (χ0) is 20.1. The molecule has 0 aliphatic carbocycles. The zero-order valence-corrected chi connectivity index (χ0v) is 16.4. The van der Waals surface area contributed by atoms with E-state index in [1.165, 1.54) is 6.26 Å². The first-order valence-corrected chi connectivity index (χ1v) is 9.97. The van der Waals surface area contributed by atoms with Gasteiger partial charge in [0.05, 0.1) is 12.8 Å². The first-order valence-electron chi connectivity index (χ1n) is 9.19. The minimum absolute atomic E-state index is 0.0952. The number of carbonyl (C=O) groups excluding carboxylic acids is 2. The van der Waals surface area contributed by atoms with Gasteiger partial charge < -0.3 is 19.5 Å². The number of urea groups is 1. The second kappa shape index (κ2) is 8.74. The van der Waals surface area contributed by atoms with Gasteiger partial charge in [0.1, 0.15) is 5.76 Å². The molecule has 2 N–H and O–H groups in total.